The van der Waals surface area contributed by atoms with Gasteiger partial charge in [0.25, 0.3) is 0 Å². The average Bonchev–Trinajstić information content (AvgIpc) is 2.50. The van der Waals surface area contributed by atoms with Gasteiger partial charge in [-0.2, -0.15) is 18.3 Å². The van der Waals surface area contributed by atoms with E-state index in [1.54, 1.807) is 6.07 Å². The number of aromatic hydroxyl groups is 1. The lowest BCUT2D eigenvalue weighted by Gasteiger charge is -2.11. The molecular weight excluding hydrogens is 364 g/mol. The molecule has 25 heavy (non-hydrogen) atoms. The lowest BCUT2D eigenvalue weighted by Crippen LogP contribution is -2.20. The number of benzene rings is 2. The Hall–Kier alpha value is -2.61. The van der Waals surface area contributed by atoms with Gasteiger partial charge in [-0.05, 0) is 29.8 Å². The number of rotatable bonds is 4. The van der Waals surface area contributed by atoms with Gasteiger partial charge in [-0.1, -0.05) is 23.7 Å². The van der Waals surface area contributed by atoms with Crippen LogP contribution in [0.3, 0.4) is 0 Å². The SMILES string of the molecule is O=C(Cc1cccc(O)c1)NN=Cc1c(C(F)(F)F)ccc(Cl)c1F. The number of carbonyl (C=O) groups excluding carboxylic acids is 1. The predicted molar refractivity (Wildman–Crippen MR) is 84.0 cm³/mol. The van der Waals surface area contributed by atoms with Crippen molar-refractivity contribution in [2.24, 2.45) is 5.10 Å². The van der Waals surface area contributed by atoms with Crippen LogP contribution < -0.4 is 5.43 Å². The molecule has 0 aliphatic carbocycles. The van der Waals surface area contributed by atoms with E-state index < -0.39 is 34.1 Å². The van der Waals surface area contributed by atoms with Crippen molar-refractivity contribution in [2.75, 3.05) is 0 Å². The highest BCUT2D eigenvalue weighted by molar-refractivity contribution is 6.31. The van der Waals surface area contributed by atoms with Crippen molar-refractivity contribution in [3.63, 3.8) is 0 Å². The molecular formula is C16H11ClF4N2O2. The monoisotopic (exact) mass is 374 g/mol. The summed E-state index contributed by atoms with van der Waals surface area (Å²) < 4.78 is 52.5. The first kappa shape index (κ1) is 18.7. The van der Waals surface area contributed by atoms with Gasteiger partial charge in [-0.3, -0.25) is 4.79 Å². The van der Waals surface area contributed by atoms with Gasteiger partial charge in [-0.15, -0.1) is 0 Å². The van der Waals surface area contributed by atoms with Crippen LogP contribution in [-0.4, -0.2) is 17.2 Å². The van der Waals surface area contributed by atoms with Crippen LogP contribution in [0.4, 0.5) is 17.6 Å². The molecule has 2 rings (SSSR count). The molecule has 0 bridgehead atoms. The summed E-state index contributed by atoms with van der Waals surface area (Å²) in [6.45, 7) is 0. The summed E-state index contributed by atoms with van der Waals surface area (Å²) in [7, 11) is 0. The highest BCUT2D eigenvalue weighted by Crippen LogP contribution is 2.34. The second-order valence-corrected chi connectivity index (χ2v) is 5.37. The fraction of sp³-hybridized carbons (Fsp3) is 0.125. The number of nitrogens with one attached hydrogen (secondary N) is 1. The standard InChI is InChI=1S/C16H11ClF4N2O2/c17-13-5-4-12(16(19,20)21)11(15(13)18)8-22-23-14(25)7-9-2-1-3-10(24)6-9/h1-6,8,24H,7H2,(H,23,25). The fourth-order valence-corrected chi connectivity index (χ4v) is 2.16. The molecule has 0 spiro atoms. The lowest BCUT2D eigenvalue weighted by molar-refractivity contribution is -0.137. The van der Waals surface area contributed by atoms with Crippen LogP contribution in [0.25, 0.3) is 0 Å². The van der Waals surface area contributed by atoms with Crippen molar-refractivity contribution in [2.45, 2.75) is 12.6 Å². The number of halogens is 5. The normalized spacial score (nSPS) is 11.7. The van der Waals surface area contributed by atoms with Crippen LogP contribution >= 0.6 is 11.6 Å². The molecule has 0 unspecified atom stereocenters. The largest absolute Gasteiger partial charge is 0.508 e. The van der Waals surface area contributed by atoms with Gasteiger partial charge >= 0.3 is 6.18 Å². The summed E-state index contributed by atoms with van der Waals surface area (Å²) in [4.78, 5) is 11.7. The van der Waals surface area contributed by atoms with Crippen molar-refractivity contribution >= 4 is 23.7 Å². The van der Waals surface area contributed by atoms with Crippen molar-refractivity contribution in [3.8, 4) is 5.75 Å². The molecule has 2 N–H and O–H groups in total. The molecule has 0 saturated carbocycles. The fourth-order valence-electron chi connectivity index (χ4n) is 2.00. The van der Waals surface area contributed by atoms with Gasteiger partial charge < -0.3 is 5.11 Å². The van der Waals surface area contributed by atoms with E-state index in [1.807, 2.05) is 5.43 Å². The Balaban J connectivity index is 2.14. The summed E-state index contributed by atoms with van der Waals surface area (Å²) in [6.07, 6.45) is -4.43. The molecule has 0 aliphatic heterocycles. The zero-order chi connectivity index (χ0) is 18.6. The van der Waals surface area contributed by atoms with Crippen LogP contribution in [0.2, 0.25) is 5.02 Å². The molecule has 0 heterocycles. The number of phenols is 1. The van der Waals surface area contributed by atoms with Gasteiger partial charge in [-0.25, -0.2) is 9.82 Å². The Labute approximate surface area is 144 Å². The van der Waals surface area contributed by atoms with Gasteiger partial charge in [0.15, 0.2) is 5.82 Å². The number of hydrazone groups is 1. The molecule has 9 heteroatoms. The first-order valence-corrected chi connectivity index (χ1v) is 7.21. The summed E-state index contributed by atoms with van der Waals surface area (Å²) in [5.74, 6) is -1.98. The van der Waals surface area contributed by atoms with E-state index in [-0.39, 0.29) is 12.2 Å². The van der Waals surface area contributed by atoms with E-state index in [0.717, 1.165) is 6.07 Å². The summed E-state index contributed by atoms with van der Waals surface area (Å²) in [5.41, 5.74) is 0.326. The Morgan fingerprint density at radius 2 is 2.00 bits per heavy atom. The van der Waals surface area contributed by atoms with Gasteiger partial charge in [0.05, 0.1) is 23.2 Å². The molecule has 0 radical (unpaired) electrons. The maximum Gasteiger partial charge on any atom is 0.417 e. The molecule has 132 valence electrons. The molecule has 4 nitrogen and oxygen atoms in total. The first-order chi connectivity index (χ1) is 11.7. The second-order valence-electron chi connectivity index (χ2n) is 4.96. The summed E-state index contributed by atoms with van der Waals surface area (Å²) in [6, 6.07) is 7.28. The van der Waals surface area contributed by atoms with Gasteiger partial charge in [0.2, 0.25) is 5.91 Å². The third-order valence-electron chi connectivity index (χ3n) is 3.10. The van der Waals surface area contributed by atoms with Gasteiger partial charge in [0.1, 0.15) is 5.75 Å². The van der Waals surface area contributed by atoms with E-state index in [0.29, 0.717) is 17.8 Å². The molecule has 0 fully saturated rings. The second kappa shape index (κ2) is 7.52. The van der Waals surface area contributed by atoms with Crippen LogP contribution in [0.1, 0.15) is 16.7 Å². The maximum absolute atomic E-state index is 13.8. The Morgan fingerprint density at radius 3 is 2.64 bits per heavy atom. The van der Waals surface area contributed by atoms with E-state index in [4.69, 9.17) is 11.6 Å². The maximum atomic E-state index is 13.8. The summed E-state index contributed by atoms with van der Waals surface area (Å²) in [5, 5.41) is 12.1. The van der Waals surface area contributed by atoms with E-state index in [9.17, 15) is 27.5 Å². The van der Waals surface area contributed by atoms with E-state index >= 15 is 0 Å². The minimum absolute atomic E-state index is 0.0374. The number of alkyl halides is 3. The minimum Gasteiger partial charge on any atom is -0.508 e. The minimum atomic E-state index is -4.81. The van der Waals surface area contributed by atoms with E-state index in [2.05, 4.69) is 5.10 Å². The number of phenolic OH excluding ortho intramolecular Hbond substituents is 1. The zero-order valence-electron chi connectivity index (χ0n) is 12.4. The van der Waals surface area contributed by atoms with Crippen LogP contribution in [0.5, 0.6) is 5.75 Å². The molecule has 2 aromatic carbocycles. The van der Waals surface area contributed by atoms with Crippen LogP contribution in [-0.2, 0) is 17.4 Å². The Bertz CT molecular complexity index is 822. The quantitative estimate of drug-likeness (QED) is 0.484. The number of carbonyl (C=O) groups is 1. The van der Waals surface area contributed by atoms with Crippen molar-refractivity contribution in [3.05, 3.63) is 63.9 Å². The highest BCUT2D eigenvalue weighted by Gasteiger charge is 2.34. The predicted octanol–water partition coefficient (Wildman–Crippen LogP) is 3.90. The third-order valence-corrected chi connectivity index (χ3v) is 3.39. The number of amides is 1. The third kappa shape index (κ3) is 4.93. The van der Waals surface area contributed by atoms with E-state index in [1.165, 1.54) is 18.2 Å². The number of hydrogen-bond donors (Lipinski definition) is 2. The van der Waals surface area contributed by atoms with Gasteiger partial charge in [0, 0.05) is 5.56 Å². The van der Waals surface area contributed by atoms with Crippen LogP contribution in [0.15, 0.2) is 41.5 Å². The topological polar surface area (TPSA) is 61.7 Å². The molecule has 0 atom stereocenters. The Kier molecular flexibility index (Phi) is 5.63. The van der Waals surface area contributed by atoms with Crippen molar-refractivity contribution < 1.29 is 27.5 Å². The van der Waals surface area contributed by atoms with Crippen molar-refractivity contribution in [1.29, 1.82) is 0 Å². The average molecular weight is 375 g/mol. The zero-order valence-corrected chi connectivity index (χ0v) is 13.2. The lowest BCUT2D eigenvalue weighted by atomic mass is 10.1. The molecule has 0 aliphatic rings. The first-order valence-electron chi connectivity index (χ1n) is 6.83. The van der Waals surface area contributed by atoms with Crippen molar-refractivity contribution in [1.82, 2.24) is 5.43 Å². The summed E-state index contributed by atoms with van der Waals surface area (Å²) >= 11 is 5.48. The molecule has 2 aromatic rings. The highest BCUT2D eigenvalue weighted by atomic mass is 35.5. The number of nitrogens with zero attached hydrogens (tertiary/aromatic N) is 1. The Morgan fingerprint density at radius 1 is 1.28 bits per heavy atom. The molecule has 0 aromatic heterocycles. The molecule has 0 saturated heterocycles. The number of hydrogen-bond acceptors (Lipinski definition) is 3. The van der Waals surface area contributed by atoms with Crippen LogP contribution in [0, 0.1) is 5.82 Å². The smallest absolute Gasteiger partial charge is 0.417 e. The molecule has 1 amide bonds.